The van der Waals surface area contributed by atoms with E-state index in [-0.39, 0.29) is 23.0 Å². The third-order valence-electron chi connectivity index (χ3n) is 5.22. The van der Waals surface area contributed by atoms with Gasteiger partial charge >= 0.3 is 0 Å². The van der Waals surface area contributed by atoms with Crippen molar-refractivity contribution in [1.29, 1.82) is 0 Å². The van der Waals surface area contributed by atoms with Gasteiger partial charge < -0.3 is 5.11 Å². The number of hydrogen-bond donors (Lipinski definition) is 2. The van der Waals surface area contributed by atoms with E-state index < -0.39 is 0 Å². The number of hydrogen-bond acceptors (Lipinski definition) is 3. The predicted octanol–water partition coefficient (Wildman–Crippen LogP) is 4.61. The summed E-state index contributed by atoms with van der Waals surface area (Å²) < 4.78 is 0.826. The zero-order valence-electron chi connectivity index (χ0n) is 15.0. The fourth-order valence-electron chi connectivity index (χ4n) is 3.73. The number of amides is 1. The number of phenols is 1. The second-order valence-electron chi connectivity index (χ2n) is 6.90. The van der Waals surface area contributed by atoms with E-state index in [1.807, 2.05) is 36.4 Å². The van der Waals surface area contributed by atoms with Crippen molar-refractivity contribution < 1.29 is 9.90 Å². The topological polar surface area (TPSA) is 61.7 Å². The van der Waals surface area contributed by atoms with Gasteiger partial charge in [0.25, 0.3) is 0 Å². The first-order chi connectivity index (χ1) is 13.6. The molecule has 4 nitrogen and oxygen atoms in total. The Morgan fingerprint density at radius 1 is 1.04 bits per heavy atom. The highest BCUT2D eigenvalue weighted by molar-refractivity contribution is 9.10. The number of nitrogens with one attached hydrogen (secondary N) is 1. The molecule has 1 aliphatic carbocycles. The SMILES string of the molecule is O=C(N/N=C\c1cc(Br)ccc1O)[C@H]1CC1(c1ccccc1)c1ccccc1. The Morgan fingerprint density at radius 2 is 1.64 bits per heavy atom. The van der Waals surface area contributed by atoms with Crippen molar-refractivity contribution in [2.24, 2.45) is 11.0 Å². The molecule has 5 heteroatoms. The molecule has 0 unspecified atom stereocenters. The van der Waals surface area contributed by atoms with Crippen molar-refractivity contribution in [3.63, 3.8) is 0 Å². The van der Waals surface area contributed by atoms with Gasteiger partial charge in [0.05, 0.1) is 12.1 Å². The van der Waals surface area contributed by atoms with Crippen LogP contribution < -0.4 is 5.43 Å². The molecule has 3 aromatic rings. The lowest BCUT2D eigenvalue weighted by Gasteiger charge is -2.18. The first-order valence-electron chi connectivity index (χ1n) is 9.04. The standard InChI is InChI=1S/C23H19BrN2O2/c24-19-11-12-21(27)16(13-19)15-25-26-22(28)20-14-23(20,17-7-3-1-4-8-17)18-9-5-2-6-10-18/h1-13,15,20,27H,14H2,(H,26,28)/b25-15-/t20-/m1/s1. The molecule has 1 fully saturated rings. The second kappa shape index (κ2) is 7.60. The van der Waals surface area contributed by atoms with Gasteiger partial charge in [-0.15, -0.1) is 0 Å². The molecule has 1 aliphatic rings. The Kier molecular flexibility index (Phi) is 5.01. The van der Waals surface area contributed by atoms with Crippen LogP contribution in [0.2, 0.25) is 0 Å². The zero-order valence-corrected chi connectivity index (χ0v) is 16.6. The highest BCUT2D eigenvalue weighted by Gasteiger charge is 2.60. The highest BCUT2D eigenvalue weighted by Crippen LogP contribution is 2.58. The normalized spacial score (nSPS) is 17.4. The summed E-state index contributed by atoms with van der Waals surface area (Å²) in [5.41, 5.74) is 5.12. The first-order valence-corrected chi connectivity index (χ1v) is 9.83. The van der Waals surface area contributed by atoms with E-state index in [9.17, 15) is 9.90 Å². The summed E-state index contributed by atoms with van der Waals surface area (Å²) in [7, 11) is 0. The number of rotatable bonds is 5. The molecule has 28 heavy (non-hydrogen) atoms. The molecular formula is C23H19BrN2O2. The van der Waals surface area contributed by atoms with Gasteiger partial charge in [0, 0.05) is 15.5 Å². The van der Waals surface area contributed by atoms with Crippen molar-refractivity contribution in [3.05, 3.63) is 100 Å². The van der Waals surface area contributed by atoms with Crippen LogP contribution >= 0.6 is 15.9 Å². The molecule has 2 N–H and O–H groups in total. The van der Waals surface area contributed by atoms with Crippen LogP contribution in [0.25, 0.3) is 0 Å². The summed E-state index contributed by atoms with van der Waals surface area (Å²) in [6, 6.07) is 25.3. The zero-order chi connectivity index (χ0) is 19.6. The van der Waals surface area contributed by atoms with Crippen molar-refractivity contribution in [1.82, 2.24) is 5.43 Å². The monoisotopic (exact) mass is 434 g/mol. The lowest BCUT2D eigenvalue weighted by atomic mass is 9.85. The van der Waals surface area contributed by atoms with E-state index in [2.05, 4.69) is 50.7 Å². The van der Waals surface area contributed by atoms with Crippen LogP contribution in [-0.2, 0) is 10.2 Å². The molecule has 0 aromatic heterocycles. The summed E-state index contributed by atoms with van der Waals surface area (Å²) in [6.45, 7) is 0. The molecule has 1 saturated carbocycles. The molecule has 0 bridgehead atoms. The Balaban J connectivity index is 1.55. The number of carbonyl (C=O) groups excluding carboxylic acids is 1. The number of benzene rings is 3. The van der Waals surface area contributed by atoms with Crippen molar-refractivity contribution in [2.75, 3.05) is 0 Å². The van der Waals surface area contributed by atoms with Crippen LogP contribution in [0.1, 0.15) is 23.1 Å². The van der Waals surface area contributed by atoms with E-state index in [1.165, 1.54) is 6.21 Å². The number of phenolic OH excluding ortho intramolecular Hbond substituents is 1. The summed E-state index contributed by atoms with van der Waals surface area (Å²) >= 11 is 3.36. The Morgan fingerprint density at radius 3 is 2.25 bits per heavy atom. The summed E-state index contributed by atoms with van der Waals surface area (Å²) in [6.07, 6.45) is 2.19. The Bertz CT molecular complexity index is 980. The molecule has 0 aliphatic heterocycles. The van der Waals surface area contributed by atoms with Gasteiger partial charge in [0.1, 0.15) is 5.75 Å². The molecule has 4 rings (SSSR count). The average Bonchev–Trinajstić information content (AvgIpc) is 3.49. The number of aromatic hydroxyl groups is 1. The number of halogens is 1. The van der Waals surface area contributed by atoms with Crippen LogP contribution in [0.4, 0.5) is 0 Å². The fraction of sp³-hybridized carbons (Fsp3) is 0.130. The molecule has 140 valence electrons. The molecule has 0 spiro atoms. The third kappa shape index (κ3) is 3.45. The van der Waals surface area contributed by atoms with Crippen molar-refractivity contribution >= 4 is 28.1 Å². The third-order valence-corrected chi connectivity index (χ3v) is 5.72. The highest BCUT2D eigenvalue weighted by atomic mass is 79.9. The minimum atomic E-state index is -0.319. The van der Waals surface area contributed by atoms with Gasteiger partial charge in [-0.05, 0) is 35.7 Å². The molecule has 1 atom stereocenters. The van der Waals surface area contributed by atoms with E-state index in [4.69, 9.17) is 0 Å². The maximum absolute atomic E-state index is 12.8. The fourth-order valence-corrected chi connectivity index (χ4v) is 4.11. The van der Waals surface area contributed by atoms with Crippen LogP contribution in [-0.4, -0.2) is 17.2 Å². The van der Waals surface area contributed by atoms with Crippen LogP contribution in [0, 0.1) is 5.92 Å². The quantitative estimate of drug-likeness (QED) is 0.454. The molecule has 0 radical (unpaired) electrons. The van der Waals surface area contributed by atoms with Gasteiger partial charge in [0.15, 0.2) is 0 Å². The summed E-state index contributed by atoms with van der Waals surface area (Å²) in [4.78, 5) is 12.8. The minimum absolute atomic E-state index is 0.107. The lowest BCUT2D eigenvalue weighted by molar-refractivity contribution is -0.122. The van der Waals surface area contributed by atoms with E-state index in [1.54, 1.807) is 18.2 Å². The second-order valence-corrected chi connectivity index (χ2v) is 7.81. The first kappa shape index (κ1) is 18.4. The minimum Gasteiger partial charge on any atom is -0.507 e. The smallest absolute Gasteiger partial charge is 0.244 e. The predicted molar refractivity (Wildman–Crippen MR) is 113 cm³/mol. The summed E-state index contributed by atoms with van der Waals surface area (Å²) in [5, 5.41) is 13.9. The molecule has 1 amide bonds. The van der Waals surface area contributed by atoms with Crippen LogP contribution in [0.5, 0.6) is 5.75 Å². The molecule has 3 aromatic carbocycles. The Hall–Kier alpha value is -2.92. The van der Waals surface area contributed by atoms with Gasteiger partial charge in [-0.1, -0.05) is 76.6 Å². The van der Waals surface area contributed by atoms with Gasteiger partial charge in [-0.2, -0.15) is 5.10 Å². The van der Waals surface area contributed by atoms with Crippen molar-refractivity contribution in [3.8, 4) is 5.75 Å². The van der Waals surface area contributed by atoms with Gasteiger partial charge in [0.2, 0.25) is 5.91 Å². The van der Waals surface area contributed by atoms with Gasteiger partial charge in [-0.3, -0.25) is 4.79 Å². The van der Waals surface area contributed by atoms with Gasteiger partial charge in [-0.25, -0.2) is 5.43 Å². The molecular weight excluding hydrogens is 416 g/mol. The largest absolute Gasteiger partial charge is 0.507 e. The maximum atomic E-state index is 12.8. The number of nitrogens with zero attached hydrogens (tertiary/aromatic N) is 1. The summed E-state index contributed by atoms with van der Waals surface area (Å²) in [5.74, 6) is -0.209. The Labute approximate surface area is 172 Å². The van der Waals surface area contributed by atoms with E-state index in [0.29, 0.717) is 5.56 Å². The number of carbonyl (C=O) groups is 1. The van der Waals surface area contributed by atoms with E-state index >= 15 is 0 Å². The lowest BCUT2D eigenvalue weighted by Crippen LogP contribution is -2.25. The molecule has 0 heterocycles. The average molecular weight is 435 g/mol. The van der Waals surface area contributed by atoms with E-state index in [0.717, 1.165) is 22.0 Å². The molecule has 0 saturated heterocycles. The van der Waals surface area contributed by atoms with Crippen LogP contribution in [0.3, 0.4) is 0 Å². The number of hydrazone groups is 1. The maximum Gasteiger partial charge on any atom is 0.244 e. The van der Waals surface area contributed by atoms with Crippen LogP contribution in [0.15, 0.2) is 88.4 Å². The van der Waals surface area contributed by atoms with Crippen molar-refractivity contribution in [2.45, 2.75) is 11.8 Å².